The second-order valence-corrected chi connectivity index (χ2v) is 7.54. The molecule has 1 N–H and O–H groups in total. The molecule has 1 fully saturated rings. The summed E-state index contributed by atoms with van der Waals surface area (Å²) in [5.41, 5.74) is 1.14. The van der Waals surface area contributed by atoms with E-state index in [1.54, 1.807) is 14.2 Å². The SMILES string of the molecule is COc1ccc(OC)c([C@@H]2CCCN2c2ncc(C(=O)O)c(COc3ccc(F)cc3)n2)c1. The first-order chi connectivity index (χ1) is 16.0. The van der Waals surface area contributed by atoms with Crippen molar-refractivity contribution in [2.75, 3.05) is 25.7 Å². The Kier molecular flexibility index (Phi) is 6.58. The summed E-state index contributed by atoms with van der Waals surface area (Å²) >= 11 is 0. The minimum absolute atomic E-state index is 0.0458. The summed E-state index contributed by atoms with van der Waals surface area (Å²) in [4.78, 5) is 22.6. The number of hydrogen-bond acceptors (Lipinski definition) is 7. The van der Waals surface area contributed by atoms with E-state index in [1.807, 2.05) is 23.1 Å². The average Bonchev–Trinajstić information content (AvgIpc) is 3.33. The van der Waals surface area contributed by atoms with Crippen LogP contribution in [0.25, 0.3) is 0 Å². The van der Waals surface area contributed by atoms with Crippen LogP contribution in [0.2, 0.25) is 0 Å². The standard InChI is InChI=1S/C24H24FN3O5/c1-31-17-9-10-22(32-2)18(12-17)21-4-3-11-28(21)24-26-13-19(23(29)30)20(27-24)14-33-16-7-5-15(25)6-8-16/h5-10,12-13,21H,3-4,11,14H2,1-2H3,(H,29,30)/t21-/m0/s1. The number of benzene rings is 2. The number of carbonyl (C=O) groups is 1. The van der Waals surface area contributed by atoms with E-state index in [9.17, 15) is 14.3 Å². The van der Waals surface area contributed by atoms with Crippen molar-refractivity contribution in [3.05, 3.63) is 71.3 Å². The number of carboxylic acids is 1. The third kappa shape index (κ3) is 4.82. The highest BCUT2D eigenvalue weighted by atomic mass is 19.1. The maximum Gasteiger partial charge on any atom is 0.339 e. The molecule has 172 valence electrons. The van der Waals surface area contributed by atoms with Crippen LogP contribution in [0.5, 0.6) is 17.2 Å². The van der Waals surface area contributed by atoms with Gasteiger partial charge < -0.3 is 24.2 Å². The normalized spacial score (nSPS) is 15.4. The molecule has 0 radical (unpaired) electrons. The summed E-state index contributed by atoms with van der Waals surface area (Å²) in [5.74, 6) is 0.735. The van der Waals surface area contributed by atoms with E-state index in [2.05, 4.69) is 9.97 Å². The summed E-state index contributed by atoms with van der Waals surface area (Å²) in [6.07, 6.45) is 3.07. The van der Waals surface area contributed by atoms with Crippen molar-refractivity contribution in [2.45, 2.75) is 25.5 Å². The average molecular weight is 453 g/mol. The van der Waals surface area contributed by atoms with Gasteiger partial charge in [0.25, 0.3) is 0 Å². The Morgan fingerprint density at radius 3 is 2.61 bits per heavy atom. The number of rotatable bonds is 8. The molecule has 1 aliphatic rings. The van der Waals surface area contributed by atoms with Gasteiger partial charge in [0, 0.05) is 18.3 Å². The molecule has 0 aliphatic carbocycles. The second-order valence-electron chi connectivity index (χ2n) is 7.54. The molecule has 0 amide bonds. The Balaban J connectivity index is 1.64. The fourth-order valence-corrected chi connectivity index (χ4v) is 3.95. The molecule has 2 heterocycles. The Morgan fingerprint density at radius 1 is 1.15 bits per heavy atom. The second kappa shape index (κ2) is 9.72. The number of aromatic nitrogens is 2. The van der Waals surface area contributed by atoms with Gasteiger partial charge in [-0.15, -0.1) is 0 Å². The van der Waals surface area contributed by atoms with Gasteiger partial charge in [-0.2, -0.15) is 0 Å². The number of halogens is 1. The van der Waals surface area contributed by atoms with E-state index in [4.69, 9.17) is 14.2 Å². The van der Waals surface area contributed by atoms with Crippen LogP contribution in [0.4, 0.5) is 10.3 Å². The molecule has 0 bridgehead atoms. The maximum atomic E-state index is 13.1. The van der Waals surface area contributed by atoms with Gasteiger partial charge in [0.1, 0.15) is 35.2 Å². The summed E-state index contributed by atoms with van der Waals surface area (Å²) in [6, 6.07) is 11.1. The lowest BCUT2D eigenvalue weighted by Crippen LogP contribution is -2.26. The Hall–Kier alpha value is -3.88. The predicted octanol–water partition coefficient (Wildman–Crippen LogP) is 4.25. The van der Waals surface area contributed by atoms with Crippen molar-refractivity contribution in [3.63, 3.8) is 0 Å². The quantitative estimate of drug-likeness (QED) is 0.541. The first-order valence-electron chi connectivity index (χ1n) is 10.5. The number of aromatic carboxylic acids is 1. The molecule has 0 unspecified atom stereocenters. The molecule has 33 heavy (non-hydrogen) atoms. The van der Waals surface area contributed by atoms with Gasteiger partial charge in [-0.05, 0) is 55.3 Å². The van der Waals surface area contributed by atoms with Gasteiger partial charge in [0.2, 0.25) is 5.95 Å². The molecule has 0 saturated carbocycles. The lowest BCUT2D eigenvalue weighted by molar-refractivity contribution is 0.0692. The van der Waals surface area contributed by atoms with Crippen molar-refractivity contribution >= 4 is 11.9 Å². The topological polar surface area (TPSA) is 94.0 Å². The van der Waals surface area contributed by atoms with E-state index in [1.165, 1.54) is 30.5 Å². The monoisotopic (exact) mass is 453 g/mol. The first kappa shape index (κ1) is 22.3. The van der Waals surface area contributed by atoms with Crippen molar-refractivity contribution in [1.29, 1.82) is 0 Å². The molecule has 1 aliphatic heterocycles. The Bertz CT molecular complexity index is 1140. The smallest absolute Gasteiger partial charge is 0.339 e. The summed E-state index contributed by atoms with van der Waals surface area (Å²) in [6.45, 7) is 0.611. The molecule has 3 aromatic rings. The van der Waals surface area contributed by atoms with Crippen LogP contribution in [0.3, 0.4) is 0 Å². The molecule has 4 rings (SSSR count). The summed E-state index contributed by atoms with van der Waals surface area (Å²) in [5, 5.41) is 9.58. The molecule has 2 aromatic carbocycles. The number of nitrogens with zero attached hydrogens (tertiary/aromatic N) is 3. The minimum Gasteiger partial charge on any atom is -0.497 e. The van der Waals surface area contributed by atoms with Crippen molar-refractivity contribution in [1.82, 2.24) is 9.97 Å². The minimum atomic E-state index is -1.15. The van der Waals surface area contributed by atoms with E-state index < -0.39 is 5.97 Å². The van der Waals surface area contributed by atoms with Gasteiger partial charge in [-0.25, -0.2) is 19.2 Å². The first-order valence-corrected chi connectivity index (χ1v) is 10.5. The Labute approximate surface area is 190 Å². The molecule has 9 heteroatoms. The highest BCUT2D eigenvalue weighted by Gasteiger charge is 2.31. The van der Waals surface area contributed by atoms with Crippen molar-refractivity contribution < 1.29 is 28.5 Å². The summed E-state index contributed by atoms with van der Waals surface area (Å²) in [7, 11) is 3.23. The van der Waals surface area contributed by atoms with Crippen LogP contribution in [-0.2, 0) is 6.61 Å². The number of methoxy groups -OCH3 is 2. The van der Waals surface area contributed by atoms with Gasteiger partial charge in [0.15, 0.2) is 0 Å². The van der Waals surface area contributed by atoms with Gasteiger partial charge in [-0.3, -0.25) is 0 Å². The molecule has 1 atom stereocenters. The highest BCUT2D eigenvalue weighted by molar-refractivity contribution is 5.88. The van der Waals surface area contributed by atoms with Crippen molar-refractivity contribution in [2.24, 2.45) is 0 Å². The van der Waals surface area contributed by atoms with Crippen LogP contribution in [0.1, 0.15) is 40.5 Å². The fraction of sp³-hybridized carbons (Fsp3) is 0.292. The number of carboxylic acid groups (broad SMARTS) is 1. The molecule has 1 aromatic heterocycles. The van der Waals surface area contributed by atoms with E-state index in [0.717, 1.165) is 24.2 Å². The van der Waals surface area contributed by atoms with Crippen LogP contribution in [-0.4, -0.2) is 41.8 Å². The zero-order chi connectivity index (χ0) is 23.4. The Morgan fingerprint density at radius 2 is 1.91 bits per heavy atom. The lowest BCUT2D eigenvalue weighted by Gasteiger charge is -2.27. The zero-order valence-corrected chi connectivity index (χ0v) is 18.3. The third-order valence-electron chi connectivity index (χ3n) is 5.58. The fourth-order valence-electron chi connectivity index (χ4n) is 3.95. The maximum absolute atomic E-state index is 13.1. The number of ether oxygens (including phenoxy) is 3. The van der Waals surface area contributed by atoms with Gasteiger partial charge >= 0.3 is 5.97 Å². The lowest BCUT2D eigenvalue weighted by atomic mass is 10.0. The number of hydrogen-bond donors (Lipinski definition) is 1. The molecule has 1 saturated heterocycles. The molecular weight excluding hydrogens is 429 g/mol. The number of anilines is 1. The van der Waals surface area contributed by atoms with Gasteiger partial charge in [0.05, 0.1) is 26.0 Å². The molecule has 8 nitrogen and oxygen atoms in total. The zero-order valence-electron chi connectivity index (χ0n) is 18.3. The van der Waals surface area contributed by atoms with Crippen LogP contribution < -0.4 is 19.1 Å². The largest absolute Gasteiger partial charge is 0.497 e. The van der Waals surface area contributed by atoms with Crippen LogP contribution in [0, 0.1) is 5.82 Å². The summed E-state index contributed by atoms with van der Waals surface area (Å²) < 4.78 is 29.8. The highest BCUT2D eigenvalue weighted by Crippen LogP contribution is 2.40. The van der Waals surface area contributed by atoms with E-state index in [-0.39, 0.29) is 29.7 Å². The van der Waals surface area contributed by atoms with Gasteiger partial charge in [-0.1, -0.05) is 0 Å². The molecular formula is C24H24FN3O5. The van der Waals surface area contributed by atoms with Crippen LogP contribution >= 0.6 is 0 Å². The van der Waals surface area contributed by atoms with E-state index >= 15 is 0 Å². The van der Waals surface area contributed by atoms with E-state index in [0.29, 0.717) is 24.0 Å². The molecule has 0 spiro atoms. The third-order valence-corrected chi connectivity index (χ3v) is 5.58. The van der Waals surface area contributed by atoms with Crippen molar-refractivity contribution in [3.8, 4) is 17.2 Å². The van der Waals surface area contributed by atoms with Crippen LogP contribution in [0.15, 0.2) is 48.7 Å². The predicted molar refractivity (Wildman–Crippen MR) is 119 cm³/mol.